The number of anilines is 1. The largest absolute Gasteiger partial charge is 0.497 e. The van der Waals surface area contributed by atoms with Crippen molar-refractivity contribution in [2.24, 2.45) is 0 Å². The lowest BCUT2D eigenvalue weighted by molar-refractivity contribution is 0.107. The molecule has 0 bridgehead atoms. The van der Waals surface area contributed by atoms with Crippen LogP contribution in [-0.4, -0.2) is 54.3 Å². The number of amides is 2. The SMILES string of the molecule is COc1ccc(NC(=O)N2CCC(Oc3ncc(Br)cn3)CC2)c(OC)c1. The Kier molecular flexibility index (Phi) is 6.33. The lowest BCUT2D eigenvalue weighted by Gasteiger charge is -2.31. The summed E-state index contributed by atoms with van der Waals surface area (Å²) in [6.07, 6.45) is 4.71. The number of aromatic nitrogens is 2. The second-order valence-electron chi connectivity index (χ2n) is 5.98. The Bertz CT molecular complexity index is 779. The molecule has 2 aromatic rings. The molecule has 0 spiro atoms. The summed E-state index contributed by atoms with van der Waals surface area (Å²) >= 11 is 3.29. The number of halogens is 1. The number of carbonyl (C=O) groups is 1. The third-order valence-electron chi connectivity index (χ3n) is 4.25. The molecule has 0 aliphatic carbocycles. The van der Waals surface area contributed by atoms with Crippen LogP contribution in [0.4, 0.5) is 10.5 Å². The van der Waals surface area contributed by atoms with Crippen molar-refractivity contribution in [3.8, 4) is 17.5 Å². The maximum atomic E-state index is 12.5. The first-order valence-corrected chi connectivity index (χ1v) is 9.30. The number of likely N-dealkylation sites (tertiary alicyclic amines) is 1. The molecule has 1 aromatic heterocycles. The predicted molar refractivity (Wildman–Crippen MR) is 104 cm³/mol. The smallest absolute Gasteiger partial charge is 0.321 e. The molecule has 8 nitrogen and oxygen atoms in total. The minimum atomic E-state index is -0.170. The Morgan fingerprint density at radius 3 is 2.52 bits per heavy atom. The number of methoxy groups -OCH3 is 2. The van der Waals surface area contributed by atoms with Gasteiger partial charge in [0.15, 0.2) is 0 Å². The number of ether oxygens (including phenoxy) is 3. The number of urea groups is 1. The van der Waals surface area contributed by atoms with Crippen LogP contribution in [-0.2, 0) is 0 Å². The first kappa shape index (κ1) is 19.2. The summed E-state index contributed by atoms with van der Waals surface area (Å²) in [5, 5.41) is 2.89. The molecule has 1 aliphatic rings. The van der Waals surface area contributed by atoms with E-state index < -0.39 is 0 Å². The number of piperidine rings is 1. The zero-order valence-electron chi connectivity index (χ0n) is 15.1. The van der Waals surface area contributed by atoms with E-state index in [1.807, 2.05) is 0 Å². The fraction of sp³-hybridized carbons (Fsp3) is 0.389. The number of nitrogens with one attached hydrogen (secondary N) is 1. The van der Waals surface area contributed by atoms with Crippen LogP contribution in [0, 0.1) is 0 Å². The van der Waals surface area contributed by atoms with Crippen LogP contribution in [0.25, 0.3) is 0 Å². The molecule has 3 rings (SSSR count). The van der Waals surface area contributed by atoms with Crippen molar-refractivity contribution in [3.63, 3.8) is 0 Å². The molecule has 1 N–H and O–H groups in total. The number of benzene rings is 1. The molecule has 0 atom stereocenters. The van der Waals surface area contributed by atoms with E-state index in [1.165, 1.54) is 0 Å². The first-order chi connectivity index (χ1) is 13.1. The highest BCUT2D eigenvalue weighted by atomic mass is 79.9. The van der Waals surface area contributed by atoms with Crippen molar-refractivity contribution in [2.45, 2.75) is 18.9 Å². The summed E-state index contributed by atoms with van der Waals surface area (Å²) in [6, 6.07) is 5.45. The quantitative estimate of drug-likeness (QED) is 0.773. The number of rotatable bonds is 5. The van der Waals surface area contributed by atoms with Gasteiger partial charge in [0.2, 0.25) is 0 Å². The lowest BCUT2D eigenvalue weighted by Crippen LogP contribution is -2.43. The molecule has 1 fully saturated rings. The Balaban J connectivity index is 1.53. The van der Waals surface area contributed by atoms with Crippen molar-refractivity contribution in [3.05, 3.63) is 35.1 Å². The van der Waals surface area contributed by atoms with E-state index in [9.17, 15) is 4.79 Å². The topological polar surface area (TPSA) is 85.8 Å². The van der Waals surface area contributed by atoms with Crippen molar-refractivity contribution in [1.29, 1.82) is 0 Å². The standard InChI is InChI=1S/C18H21BrN4O4/c1-25-14-3-4-15(16(9-14)26-2)22-18(24)23-7-5-13(6-8-23)27-17-20-10-12(19)11-21-17/h3-4,9-11,13H,5-8H2,1-2H3,(H,22,24). The van der Waals surface area contributed by atoms with E-state index in [-0.39, 0.29) is 12.1 Å². The highest BCUT2D eigenvalue weighted by molar-refractivity contribution is 9.10. The second-order valence-corrected chi connectivity index (χ2v) is 6.90. The van der Waals surface area contributed by atoms with Gasteiger partial charge >= 0.3 is 12.0 Å². The van der Waals surface area contributed by atoms with Crippen molar-refractivity contribution in [2.75, 3.05) is 32.6 Å². The third kappa shape index (κ3) is 5.00. The number of hydrogen-bond donors (Lipinski definition) is 1. The summed E-state index contributed by atoms with van der Waals surface area (Å²) in [5.41, 5.74) is 0.602. The van der Waals surface area contributed by atoms with Gasteiger partial charge in [0, 0.05) is 44.4 Å². The average Bonchev–Trinajstić information content (AvgIpc) is 2.70. The van der Waals surface area contributed by atoms with Crippen LogP contribution in [0.2, 0.25) is 0 Å². The molecule has 1 aliphatic heterocycles. The molecule has 27 heavy (non-hydrogen) atoms. The van der Waals surface area contributed by atoms with Crippen LogP contribution in [0.5, 0.6) is 17.5 Å². The molecule has 0 unspecified atom stereocenters. The molecule has 9 heteroatoms. The highest BCUT2D eigenvalue weighted by Gasteiger charge is 2.25. The van der Waals surface area contributed by atoms with Crippen LogP contribution < -0.4 is 19.5 Å². The van der Waals surface area contributed by atoms with E-state index in [0.29, 0.717) is 49.1 Å². The monoisotopic (exact) mass is 436 g/mol. The number of carbonyl (C=O) groups excluding carboxylic acids is 1. The Morgan fingerprint density at radius 1 is 1.19 bits per heavy atom. The third-order valence-corrected chi connectivity index (χ3v) is 4.66. The molecular weight excluding hydrogens is 416 g/mol. The zero-order chi connectivity index (χ0) is 19.2. The maximum Gasteiger partial charge on any atom is 0.321 e. The maximum absolute atomic E-state index is 12.5. The van der Waals surface area contributed by atoms with Gasteiger partial charge in [-0.3, -0.25) is 0 Å². The second kappa shape index (κ2) is 8.90. The normalized spacial score (nSPS) is 14.6. The fourth-order valence-electron chi connectivity index (χ4n) is 2.78. The molecular formula is C18H21BrN4O4. The summed E-state index contributed by atoms with van der Waals surface area (Å²) in [5.74, 6) is 1.21. The summed E-state index contributed by atoms with van der Waals surface area (Å²) in [7, 11) is 3.13. The van der Waals surface area contributed by atoms with Gasteiger partial charge in [0.05, 0.1) is 24.4 Å². The van der Waals surface area contributed by atoms with Gasteiger partial charge in [-0.1, -0.05) is 0 Å². The number of nitrogens with zero attached hydrogens (tertiary/aromatic N) is 3. The van der Waals surface area contributed by atoms with Gasteiger partial charge in [-0.05, 0) is 28.1 Å². The summed E-state index contributed by atoms with van der Waals surface area (Å²) in [4.78, 5) is 22.5. The fourth-order valence-corrected chi connectivity index (χ4v) is 2.99. The molecule has 0 saturated carbocycles. The predicted octanol–water partition coefficient (Wildman–Crippen LogP) is 3.33. The van der Waals surface area contributed by atoms with Crippen LogP contribution in [0.3, 0.4) is 0 Å². The van der Waals surface area contributed by atoms with Gasteiger partial charge in [0.1, 0.15) is 17.6 Å². The minimum Gasteiger partial charge on any atom is -0.497 e. The van der Waals surface area contributed by atoms with Crippen LogP contribution in [0.1, 0.15) is 12.8 Å². The van der Waals surface area contributed by atoms with E-state index in [4.69, 9.17) is 14.2 Å². The first-order valence-electron chi connectivity index (χ1n) is 8.51. The van der Waals surface area contributed by atoms with Gasteiger partial charge < -0.3 is 24.4 Å². The van der Waals surface area contributed by atoms with E-state index in [1.54, 1.807) is 49.7 Å². The van der Waals surface area contributed by atoms with Crippen LogP contribution >= 0.6 is 15.9 Å². The van der Waals surface area contributed by atoms with Gasteiger partial charge in [-0.25, -0.2) is 14.8 Å². The van der Waals surface area contributed by atoms with E-state index in [2.05, 4.69) is 31.2 Å². The van der Waals surface area contributed by atoms with Gasteiger partial charge in [-0.2, -0.15) is 0 Å². The Labute approximate surface area is 166 Å². The van der Waals surface area contributed by atoms with Crippen molar-refractivity contribution < 1.29 is 19.0 Å². The molecule has 1 saturated heterocycles. The number of hydrogen-bond acceptors (Lipinski definition) is 6. The van der Waals surface area contributed by atoms with E-state index >= 15 is 0 Å². The van der Waals surface area contributed by atoms with E-state index in [0.717, 1.165) is 4.47 Å². The summed E-state index contributed by atoms with van der Waals surface area (Å²) < 4.78 is 17.1. The molecule has 0 radical (unpaired) electrons. The van der Waals surface area contributed by atoms with Gasteiger partial charge in [0.25, 0.3) is 0 Å². The minimum absolute atomic E-state index is 0.00857. The van der Waals surface area contributed by atoms with Crippen molar-refractivity contribution >= 4 is 27.6 Å². The molecule has 2 amide bonds. The Hall–Kier alpha value is -2.55. The Morgan fingerprint density at radius 2 is 1.89 bits per heavy atom. The van der Waals surface area contributed by atoms with Crippen molar-refractivity contribution in [1.82, 2.24) is 14.9 Å². The average molecular weight is 437 g/mol. The highest BCUT2D eigenvalue weighted by Crippen LogP contribution is 2.29. The summed E-state index contributed by atoms with van der Waals surface area (Å²) in [6.45, 7) is 1.18. The van der Waals surface area contributed by atoms with Crippen LogP contribution in [0.15, 0.2) is 35.1 Å². The van der Waals surface area contributed by atoms with Gasteiger partial charge in [-0.15, -0.1) is 0 Å². The lowest BCUT2D eigenvalue weighted by atomic mass is 10.1. The molecule has 1 aromatic carbocycles. The molecule has 2 heterocycles. The molecule has 144 valence electrons. The zero-order valence-corrected chi connectivity index (χ0v) is 16.7.